The van der Waals surface area contributed by atoms with Crippen LogP contribution in [-0.2, 0) is 0 Å². The third kappa shape index (κ3) is 3.64. The Morgan fingerprint density at radius 3 is 2.19 bits per heavy atom. The number of hydrogen-bond acceptors (Lipinski definition) is 0. The smallest absolute Gasteiger partial charge is 0.141 e. The zero-order valence-corrected chi connectivity index (χ0v) is 11.3. The van der Waals surface area contributed by atoms with Crippen molar-refractivity contribution in [3.8, 4) is 0 Å². The molecule has 0 heterocycles. The number of rotatable bonds is 5. The summed E-state index contributed by atoms with van der Waals surface area (Å²) in [6.07, 6.45) is 1.96. The van der Waals surface area contributed by atoms with E-state index in [0.29, 0.717) is 5.92 Å². The number of allylic oxidation sites excluding steroid dienone is 6. The summed E-state index contributed by atoms with van der Waals surface area (Å²) >= 11 is 6.02. The highest BCUT2D eigenvalue weighted by Gasteiger charge is 2.15. The molecule has 0 saturated heterocycles. The van der Waals surface area contributed by atoms with Crippen LogP contribution in [0.4, 0.5) is 4.39 Å². The molecule has 0 unspecified atom stereocenters. The van der Waals surface area contributed by atoms with Gasteiger partial charge >= 0.3 is 0 Å². The Morgan fingerprint density at radius 1 is 1.44 bits per heavy atom. The van der Waals surface area contributed by atoms with Crippen LogP contribution in [0.25, 0.3) is 0 Å². The van der Waals surface area contributed by atoms with Crippen molar-refractivity contribution >= 4 is 11.6 Å². The molecule has 0 spiro atoms. The Kier molecular flexibility index (Phi) is 6.35. The van der Waals surface area contributed by atoms with Crippen molar-refractivity contribution in [3.63, 3.8) is 0 Å². The van der Waals surface area contributed by atoms with Crippen molar-refractivity contribution < 1.29 is 4.39 Å². The van der Waals surface area contributed by atoms with Crippen molar-refractivity contribution in [2.24, 2.45) is 5.92 Å². The van der Waals surface area contributed by atoms with Crippen molar-refractivity contribution in [2.75, 3.05) is 0 Å². The van der Waals surface area contributed by atoms with E-state index in [4.69, 9.17) is 11.6 Å². The molecule has 0 fully saturated rings. The van der Waals surface area contributed by atoms with Gasteiger partial charge in [-0.3, -0.25) is 0 Å². The van der Waals surface area contributed by atoms with Gasteiger partial charge in [0.2, 0.25) is 0 Å². The summed E-state index contributed by atoms with van der Waals surface area (Å²) in [6, 6.07) is 0. The normalized spacial score (nSPS) is 14.4. The highest BCUT2D eigenvalue weighted by Crippen LogP contribution is 2.33. The van der Waals surface area contributed by atoms with E-state index in [1.807, 2.05) is 13.8 Å². The second-order valence-electron chi connectivity index (χ2n) is 4.05. The zero-order chi connectivity index (χ0) is 12.9. The molecule has 0 aromatic carbocycles. The van der Waals surface area contributed by atoms with Gasteiger partial charge in [-0.1, -0.05) is 51.1 Å². The molecule has 0 amide bonds. The Labute approximate surface area is 103 Å². The molecule has 0 atom stereocenters. The molecule has 90 valence electrons. The predicted octanol–water partition coefficient (Wildman–Crippen LogP) is 5.53. The van der Waals surface area contributed by atoms with Crippen LogP contribution in [0, 0.1) is 5.92 Å². The van der Waals surface area contributed by atoms with Crippen LogP contribution in [0.5, 0.6) is 0 Å². The SMILES string of the molecule is C=C/C(F)=C(Cl)\C(C(=C)C)=C(\CC)C(C)C. The van der Waals surface area contributed by atoms with E-state index < -0.39 is 5.83 Å². The summed E-state index contributed by atoms with van der Waals surface area (Å²) in [5.74, 6) is -0.172. The number of halogens is 2. The molecule has 2 heteroatoms. The summed E-state index contributed by atoms with van der Waals surface area (Å²) in [6.45, 7) is 15.3. The molecule has 0 aliphatic heterocycles. The minimum atomic E-state index is -0.494. The highest BCUT2D eigenvalue weighted by molar-refractivity contribution is 6.33. The molecule has 0 aliphatic rings. The van der Waals surface area contributed by atoms with E-state index in [1.54, 1.807) is 0 Å². The second-order valence-corrected chi connectivity index (χ2v) is 4.43. The quantitative estimate of drug-likeness (QED) is 0.556. The van der Waals surface area contributed by atoms with Crippen molar-refractivity contribution in [1.82, 2.24) is 0 Å². The predicted molar refractivity (Wildman–Crippen MR) is 71.2 cm³/mol. The average molecular weight is 243 g/mol. The van der Waals surface area contributed by atoms with Crippen LogP contribution in [0.15, 0.2) is 46.8 Å². The molecule has 0 rings (SSSR count). The minimum absolute atomic E-state index is 0.119. The van der Waals surface area contributed by atoms with Crippen LogP contribution >= 0.6 is 11.6 Å². The Morgan fingerprint density at radius 2 is 1.94 bits per heavy atom. The first-order valence-electron chi connectivity index (χ1n) is 5.43. The van der Waals surface area contributed by atoms with Crippen LogP contribution in [0.1, 0.15) is 34.1 Å². The Balaban J connectivity index is 5.83. The molecule has 0 aliphatic carbocycles. The second kappa shape index (κ2) is 6.70. The topological polar surface area (TPSA) is 0 Å². The average Bonchev–Trinajstić information content (AvgIpc) is 2.22. The zero-order valence-electron chi connectivity index (χ0n) is 10.5. The molecule has 0 saturated carbocycles. The van der Waals surface area contributed by atoms with Gasteiger partial charge in [0.15, 0.2) is 0 Å². The Bertz CT molecular complexity index is 346. The molecular formula is C14H20ClF. The fourth-order valence-corrected chi connectivity index (χ4v) is 2.04. The van der Waals surface area contributed by atoms with E-state index in [1.165, 1.54) is 0 Å². The third-order valence-electron chi connectivity index (χ3n) is 2.43. The first kappa shape index (κ1) is 15.2. The lowest BCUT2D eigenvalue weighted by atomic mass is 9.91. The van der Waals surface area contributed by atoms with Crippen LogP contribution in [0.3, 0.4) is 0 Å². The minimum Gasteiger partial charge on any atom is -0.205 e. The molecular weight excluding hydrogens is 223 g/mol. The van der Waals surface area contributed by atoms with Gasteiger partial charge in [-0.2, -0.15) is 0 Å². The van der Waals surface area contributed by atoms with Gasteiger partial charge in [-0.25, -0.2) is 4.39 Å². The van der Waals surface area contributed by atoms with Crippen molar-refractivity contribution in [2.45, 2.75) is 34.1 Å². The van der Waals surface area contributed by atoms with E-state index in [0.717, 1.165) is 29.2 Å². The largest absolute Gasteiger partial charge is 0.205 e. The van der Waals surface area contributed by atoms with E-state index in [-0.39, 0.29) is 5.03 Å². The Hall–Kier alpha value is -0.820. The van der Waals surface area contributed by atoms with Crippen molar-refractivity contribution in [1.29, 1.82) is 0 Å². The molecule has 0 N–H and O–H groups in total. The summed E-state index contributed by atoms with van der Waals surface area (Å²) in [4.78, 5) is 0. The fourth-order valence-electron chi connectivity index (χ4n) is 1.69. The van der Waals surface area contributed by atoms with Gasteiger partial charge < -0.3 is 0 Å². The fraction of sp³-hybridized carbons (Fsp3) is 0.429. The molecule has 0 bridgehead atoms. The summed E-state index contributed by atoms with van der Waals surface area (Å²) < 4.78 is 13.5. The van der Waals surface area contributed by atoms with Gasteiger partial charge in [0.25, 0.3) is 0 Å². The van der Waals surface area contributed by atoms with E-state index in [2.05, 4.69) is 27.0 Å². The number of hydrogen-bond donors (Lipinski definition) is 0. The van der Waals surface area contributed by atoms with Crippen LogP contribution in [-0.4, -0.2) is 0 Å². The lowest BCUT2D eigenvalue weighted by Gasteiger charge is -2.17. The third-order valence-corrected chi connectivity index (χ3v) is 2.80. The first-order valence-corrected chi connectivity index (χ1v) is 5.81. The molecule has 0 nitrogen and oxygen atoms in total. The molecule has 0 radical (unpaired) electrons. The van der Waals surface area contributed by atoms with Gasteiger partial charge in [-0.15, -0.1) is 0 Å². The van der Waals surface area contributed by atoms with Gasteiger partial charge in [0, 0.05) is 0 Å². The monoisotopic (exact) mass is 242 g/mol. The van der Waals surface area contributed by atoms with Crippen molar-refractivity contribution in [3.05, 3.63) is 46.8 Å². The van der Waals surface area contributed by atoms with E-state index in [9.17, 15) is 4.39 Å². The molecule has 0 aromatic rings. The molecule has 0 aromatic heterocycles. The lowest BCUT2D eigenvalue weighted by molar-refractivity contribution is 0.661. The lowest BCUT2D eigenvalue weighted by Crippen LogP contribution is -2.01. The maximum absolute atomic E-state index is 13.5. The summed E-state index contributed by atoms with van der Waals surface area (Å²) in [7, 11) is 0. The van der Waals surface area contributed by atoms with Gasteiger partial charge in [0.1, 0.15) is 5.83 Å². The van der Waals surface area contributed by atoms with Crippen LogP contribution in [0.2, 0.25) is 0 Å². The summed E-state index contributed by atoms with van der Waals surface area (Å²) in [5, 5.41) is 0.119. The summed E-state index contributed by atoms with van der Waals surface area (Å²) in [5.41, 5.74) is 2.64. The molecule has 16 heavy (non-hydrogen) atoms. The first-order chi connectivity index (χ1) is 7.36. The van der Waals surface area contributed by atoms with Gasteiger partial charge in [0.05, 0.1) is 5.03 Å². The van der Waals surface area contributed by atoms with Gasteiger partial charge in [-0.05, 0) is 36.5 Å². The van der Waals surface area contributed by atoms with E-state index >= 15 is 0 Å². The highest BCUT2D eigenvalue weighted by atomic mass is 35.5. The standard InChI is InChI=1S/C14H20ClF/c1-7-11(9(3)4)13(10(5)6)14(15)12(16)8-2/h8-9H,2,5,7H2,1,3-4,6H3/b13-11-,14-12-. The maximum Gasteiger partial charge on any atom is 0.141 e. The van der Waals surface area contributed by atoms with Crippen LogP contribution < -0.4 is 0 Å². The maximum atomic E-state index is 13.5.